The van der Waals surface area contributed by atoms with Crippen LogP contribution in [0.15, 0.2) is 12.4 Å². The molecule has 2 heterocycles. The minimum atomic E-state index is -3.25. The number of nitrogens with zero attached hydrogens (tertiary/aromatic N) is 3. The van der Waals surface area contributed by atoms with Crippen LogP contribution in [0.1, 0.15) is 12.5 Å². The number of methoxy groups -OCH3 is 1. The summed E-state index contributed by atoms with van der Waals surface area (Å²) >= 11 is 0. The summed E-state index contributed by atoms with van der Waals surface area (Å²) in [5.41, 5.74) is 0.500. The van der Waals surface area contributed by atoms with Crippen molar-refractivity contribution in [3.63, 3.8) is 0 Å². The number of sulfonamides is 1. The summed E-state index contributed by atoms with van der Waals surface area (Å²) < 4.78 is 31.7. The van der Waals surface area contributed by atoms with Gasteiger partial charge in [0.15, 0.2) is 0 Å². The average molecular weight is 288 g/mol. The molecule has 0 spiro atoms. The second-order valence-corrected chi connectivity index (χ2v) is 6.77. The van der Waals surface area contributed by atoms with E-state index < -0.39 is 10.0 Å². The Balaban J connectivity index is 2.04. The van der Waals surface area contributed by atoms with E-state index in [4.69, 9.17) is 4.74 Å². The van der Waals surface area contributed by atoms with Crippen LogP contribution >= 0.6 is 0 Å². The van der Waals surface area contributed by atoms with Gasteiger partial charge in [0.2, 0.25) is 10.0 Å². The highest BCUT2D eigenvalue weighted by Gasteiger charge is 2.30. The monoisotopic (exact) mass is 288 g/mol. The van der Waals surface area contributed by atoms with Crippen molar-refractivity contribution < 1.29 is 13.2 Å². The zero-order chi connectivity index (χ0) is 14.0. The fourth-order valence-electron chi connectivity index (χ4n) is 2.43. The number of likely N-dealkylation sites (N-methyl/N-ethyl adjacent to an activating group) is 1. The highest BCUT2D eigenvalue weighted by molar-refractivity contribution is 7.92. The van der Waals surface area contributed by atoms with E-state index in [-0.39, 0.29) is 6.04 Å². The molecule has 1 N–H and O–H groups in total. The van der Waals surface area contributed by atoms with Crippen molar-refractivity contribution in [2.24, 2.45) is 0 Å². The van der Waals surface area contributed by atoms with E-state index >= 15 is 0 Å². The molecule has 0 saturated carbocycles. The van der Waals surface area contributed by atoms with Gasteiger partial charge < -0.3 is 4.74 Å². The van der Waals surface area contributed by atoms with Crippen molar-refractivity contribution in [3.05, 3.63) is 12.4 Å². The molecule has 1 aliphatic rings. The zero-order valence-corrected chi connectivity index (χ0v) is 12.2. The van der Waals surface area contributed by atoms with Gasteiger partial charge in [0.25, 0.3) is 0 Å². The lowest BCUT2D eigenvalue weighted by atomic mass is 10.2. The lowest BCUT2D eigenvalue weighted by molar-refractivity contribution is 0.129. The molecule has 1 aromatic heterocycles. The van der Waals surface area contributed by atoms with Crippen LogP contribution < -0.4 is 4.72 Å². The summed E-state index contributed by atoms with van der Waals surface area (Å²) in [6, 6.07) is 0.630. The van der Waals surface area contributed by atoms with E-state index in [9.17, 15) is 8.42 Å². The van der Waals surface area contributed by atoms with E-state index in [1.54, 1.807) is 13.3 Å². The van der Waals surface area contributed by atoms with Gasteiger partial charge in [-0.15, -0.1) is 0 Å². The number of hydrogen-bond donors (Lipinski definition) is 1. The van der Waals surface area contributed by atoms with Gasteiger partial charge in [-0.2, -0.15) is 5.10 Å². The Labute approximate surface area is 113 Å². The molecule has 7 nitrogen and oxygen atoms in total. The molecule has 1 saturated heterocycles. The molecule has 0 aliphatic carbocycles. The van der Waals surface area contributed by atoms with Gasteiger partial charge in [-0.25, -0.2) is 8.42 Å². The van der Waals surface area contributed by atoms with Crippen molar-refractivity contribution in [3.8, 4) is 0 Å². The van der Waals surface area contributed by atoms with Gasteiger partial charge in [-0.1, -0.05) is 0 Å². The fraction of sp³-hybridized carbons (Fsp3) is 0.727. The van der Waals surface area contributed by atoms with Crippen molar-refractivity contribution >= 4 is 15.7 Å². The fourth-order valence-corrected chi connectivity index (χ4v) is 2.97. The molecule has 1 aromatic rings. The SMILES string of the molecule is COC[C@@H]1C[C@H](n2cc(NS(C)(=O)=O)cn2)CN1C. The Bertz CT molecular complexity index is 528. The minimum absolute atomic E-state index is 0.250. The number of aromatic nitrogens is 2. The Hall–Kier alpha value is -1.12. The van der Waals surface area contributed by atoms with E-state index in [1.165, 1.54) is 6.20 Å². The van der Waals surface area contributed by atoms with Gasteiger partial charge in [0, 0.05) is 25.9 Å². The van der Waals surface area contributed by atoms with Gasteiger partial charge >= 0.3 is 0 Å². The molecule has 19 heavy (non-hydrogen) atoms. The molecule has 2 atom stereocenters. The molecule has 0 radical (unpaired) electrons. The van der Waals surface area contributed by atoms with Crippen molar-refractivity contribution in [1.29, 1.82) is 0 Å². The van der Waals surface area contributed by atoms with Crippen LogP contribution in [0.2, 0.25) is 0 Å². The quantitative estimate of drug-likeness (QED) is 0.834. The highest BCUT2D eigenvalue weighted by Crippen LogP contribution is 2.26. The smallest absolute Gasteiger partial charge is 0.229 e. The first kappa shape index (κ1) is 14.3. The van der Waals surface area contributed by atoms with E-state index in [2.05, 4.69) is 21.8 Å². The van der Waals surface area contributed by atoms with Crippen LogP contribution in [0.5, 0.6) is 0 Å². The summed E-state index contributed by atoms with van der Waals surface area (Å²) in [5.74, 6) is 0. The van der Waals surface area contributed by atoms with Crippen molar-refractivity contribution in [2.75, 3.05) is 38.3 Å². The molecule has 1 fully saturated rings. The average Bonchev–Trinajstić information content (AvgIpc) is 2.85. The highest BCUT2D eigenvalue weighted by atomic mass is 32.2. The predicted molar refractivity (Wildman–Crippen MR) is 72.6 cm³/mol. The summed E-state index contributed by atoms with van der Waals surface area (Å²) in [7, 11) is 0.505. The first-order chi connectivity index (χ1) is 8.89. The topological polar surface area (TPSA) is 76.5 Å². The van der Waals surface area contributed by atoms with Gasteiger partial charge in [-0.05, 0) is 13.5 Å². The normalized spacial score (nSPS) is 24.8. The first-order valence-corrected chi connectivity index (χ1v) is 7.99. The Morgan fingerprint density at radius 3 is 2.95 bits per heavy atom. The van der Waals surface area contributed by atoms with E-state index in [1.807, 2.05) is 4.68 Å². The first-order valence-electron chi connectivity index (χ1n) is 6.10. The van der Waals surface area contributed by atoms with E-state index in [0.717, 1.165) is 19.2 Å². The van der Waals surface area contributed by atoms with Crippen LogP contribution in [-0.2, 0) is 14.8 Å². The lowest BCUT2D eigenvalue weighted by Crippen LogP contribution is -2.28. The second kappa shape index (κ2) is 5.48. The Kier molecular flexibility index (Phi) is 4.12. The van der Waals surface area contributed by atoms with Crippen LogP contribution in [0.4, 0.5) is 5.69 Å². The summed E-state index contributed by atoms with van der Waals surface area (Å²) in [6.45, 7) is 1.58. The second-order valence-electron chi connectivity index (χ2n) is 5.02. The third-order valence-corrected chi connectivity index (χ3v) is 3.91. The molecular formula is C11H20N4O3S. The standard InChI is InChI=1S/C11H20N4O3S/c1-14-7-10(4-11(14)8-18-2)15-6-9(5-12-15)13-19(3,16)17/h5-6,10-11,13H,4,7-8H2,1-3H3/t10-,11-/m0/s1. The third-order valence-electron chi connectivity index (χ3n) is 3.30. The van der Waals surface area contributed by atoms with Crippen LogP contribution in [0, 0.1) is 0 Å². The van der Waals surface area contributed by atoms with Crippen LogP contribution in [0.25, 0.3) is 0 Å². The molecule has 1 aliphatic heterocycles. The molecular weight excluding hydrogens is 268 g/mol. The van der Waals surface area contributed by atoms with Gasteiger partial charge in [0.1, 0.15) is 0 Å². The van der Waals surface area contributed by atoms with Crippen molar-refractivity contribution in [1.82, 2.24) is 14.7 Å². The molecule has 0 unspecified atom stereocenters. The summed E-state index contributed by atoms with van der Waals surface area (Å²) in [5, 5.41) is 4.23. The van der Waals surface area contributed by atoms with E-state index in [0.29, 0.717) is 18.3 Å². The Morgan fingerprint density at radius 2 is 2.32 bits per heavy atom. The maximum atomic E-state index is 11.1. The van der Waals surface area contributed by atoms with Gasteiger partial charge in [-0.3, -0.25) is 14.3 Å². The molecule has 0 aromatic carbocycles. The number of nitrogens with one attached hydrogen (secondary N) is 1. The zero-order valence-electron chi connectivity index (χ0n) is 11.4. The van der Waals surface area contributed by atoms with Crippen molar-refractivity contribution in [2.45, 2.75) is 18.5 Å². The largest absolute Gasteiger partial charge is 0.383 e. The number of likely N-dealkylation sites (tertiary alicyclic amines) is 1. The van der Waals surface area contributed by atoms with Crippen LogP contribution in [0.3, 0.4) is 0 Å². The summed E-state index contributed by atoms with van der Waals surface area (Å²) in [4.78, 5) is 2.24. The molecule has 8 heteroatoms. The number of rotatable bonds is 5. The van der Waals surface area contributed by atoms with Gasteiger partial charge in [0.05, 0.1) is 30.8 Å². The molecule has 2 rings (SSSR count). The molecule has 108 valence electrons. The molecule has 0 amide bonds. The number of anilines is 1. The number of ether oxygens (including phenoxy) is 1. The predicted octanol–water partition coefficient (Wildman–Crippen LogP) is 0.146. The number of hydrogen-bond acceptors (Lipinski definition) is 5. The summed E-state index contributed by atoms with van der Waals surface area (Å²) in [6.07, 6.45) is 5.34. The third kappa shape index (κ3) is 3.68. The Morgan fingerprint density at radius 1 is 1.58 bits per heavy atom. The molecule has 0 bridgehead atoms. The maximum absolute atomic E-state index is 11.1. The minimum Gasteiger partial charge on any atom is -0.383 e. The maximum Gasteiger partial charge on any atom is 0.229 e. The lowest BCUT2D eigenvalue weighted by Gasteiger charge is -2.17. The van der Waals surface area contributed by atoms with Crippen LogP contribution in [-0.4, -0.2) is 62.7 Å².